The zero-order chi connectivity index (χ0) is 19.7. The van der Waals surface area contributed by atoms with E-state index in [0.29, 0.717) is 29.8 Å². The monoisotopic (exact) mass is 403 g/mol. The van der Waals surface area contributed by atoms with Crippen LogP contribution in [0.3, 0.4) is 0 Å². The molecule has 2 atom stereocenters. The SMILES string of the molecule is O=C(NO)c1cc2c(s1)CCN(C(=O)CNCC1C[C@@H]1c1ccc(F)cc1)C2. The second kappa shape index (κ2) is 7.98. The van der Waals surface area contributed by atoms with Crippen LogP contribution in [-0.4, -0.2) is 41.6 Å². The number of carbonyl (C=O) groups excluding carboxylic acids is 2. The zero-order valence-electron chi connectivity index (χ0n) is 15.3. The zero-order valence-corrected chi connectivity index (χ0v) is 16.1. The predicted molar refractivity (Wildman–Crippen MR) is 103 cm³/mol. The van der Waals surface area contributed by atoms with Gasteiger partial charge in [0.05, 0.1) is 11.4 Å². The van der Waals surface area contributed by atoms with Gasteiger partial charge in [0, 0.05) is 18.0 Å². The highest BCUT2D eigenvalue weighted by molar-refractivity contribution is 7.14. The lowest BCUT2D eigenvalue weighted by Gasteiger charge is -2.27. The standard InChI is InChI=1S/C20H22FN3O3S/c21-15-3-1-12(2-4-15)16-7-13(16)9-22-10-19(25)24-6-5-17-14(11-24)8-18(28-17)20(26)23-27/h1-4,8,13,16,22,27H,5-7,9-11H2,(H,23,26)/t13?,16-/m1/s1. The van der Waals surface area contributed by atoms with Gasteiger partial charge in [-0.1, -0.05) is 12.1 Å². The molecule has 28 heavy (non-hydrogen) atoms. The molecule has 1 aliphatic heterocycles. The van der Waals surface area contributed by atoms with Crippen LogP contribution >= 0.6 is 11.3 Å². The molecule has 4 rings (SSSR count). The molecule has 8 heteroatoms. The van der Waals surface area contributed by atoms with E-state index >= 15 is 0 Å². The van der Waals surface area contributed by atoms with E-state index < -0.39 is 5.91 Å². The Balaban J connectivity index is 1.23. The van der Waals surface area contributed by atoms with E-state index in [1.54, 1.807) is 16.4 Å². The number of fused-ring (bicyclic) bond motifs is 1. The summed E-state index contributed by atoms with van der Waals surface area (Å²) in [5.74, 6) is 0.248. The molecule has 0 spiro atoms. The Bertz CT molecular complexity index is 883. The van der Waals surface area contributed by atoms with Gasteiger partial charge in [0.15, 0.2) is 0 Å². The molecule has 6 nitrogen and oxygen atoms in total. The van der Waals surface area contributed by atoms with Gasteiger partial charge in [0.2, 0.25) is 5.91 Å². The summed E-state index contributed by atoms with van der Waals surface area (Å²) in [4.78, 5) is 27.4. The molecule has 2 amide bonds. The van der Waals surface area contributed by atoms with Crippen molar-refractivity contribution in [1.29, 1.82) is 0 Å². The summed E-state index contributed by atoms with van der Waals surface area (Å²) in [7, 11) is 0. The molecule has 2 aromatic rings. The second-order valence-corrected chi connectivity index (χ2v) is 8.49. The lowest BCUT2D eigenvalue weighted by atomic mass is 10.1. The highest BCUT2D eigenvalue weighted by Gasteiger charge is 2.37. The summed E-state index contributed by atoms with van der Waals surface area (Å²) >= 11 is 1.36. The van der Waals surface area contributed by atoms with Crippen LogP contribution < -0.4 is 10.8 Å². The Morgan fingerprint density at radius 3 is 2.82 bits per heavy atom. The molecule has 0 radical (unpaired) electrons. The number of halogens is 1. The average molecular weight is 403 g/mol. The minimum Gasteiger partial charge on any atom is -0.337 e. The largest absolute Gasteiger partial charge is 0.337 e. The summed E-state index contributed by atoms with van der Waals surface area (Å²) in [5, 5.41) is 12.0. The van der Waals surface area contributed by atoms with Crippen molar-refractivity contribution < 1.29 is 19.2 Å². The molecule has 1 fully saturated rings. The summed E-state index contributed by atoms with van der Waals surface area (Å²) in [5.41, 5.74) is 3.78. The fourth-order valence-corrected chi connectivity index (χ4v) is 4.83. The molecule has 0 saturated heterocycles. The summed E-state index contributed by atoms with van der Waals surface area (Å²) < 4.78 is 13.0. The first-order chi connectivity index (χ1) is 13.5. The van der Waals surface area contributed by atoms with Crippen LogP contribution in [0.15, 0.2) is 30.3 Å². The molecule has 0 bridgehead atoms. The van der Waals surface area contributed by atoms with Gasteiger partial charge in [0.1, 0.15) is 5.82 Å². The molecule has 1 aromatic carbocycles. The molecular weight excluding hydrogens is 381 g/mol. The van der Waals surface area contributed by atoms with Crippen LogP contribution in [0.2, 0.25) is 0 Å². The van der Waals surface area contributed by atoms with Crippen LogP contribution in [0.1, 0.15) is 38.0 Å². The number of nitrogens with zero attached hydrogens (tertiary/aromatic N) is 1. The van der Waals surface area contributed by atoms with Gasteiger partial charge in [-0.3, -0.25) is 14.8 Å². The molecule has 1 unspecified atom stereocenters. The lowest BCUT2D eigenvalue weighted by Crippen LogP contribution is -2.41. The number of hydroxylamine groups is 1. The maximum Gasteiger partial charge on any atom is 0.284 e. The quantitative estimate of drug-likeness (QED) is 0.511. The molecule has 2 heterocycles. The maximum absolute atomic E-state index is 13.0. The number of carbonyl (C=O) groups is 2. The van der Waals surface area contributed by atoms with E-state index in [9.17, 15) is 14.0 Å². The van der Waals surface area contributed by atoms with E-state index in [1.165, 1.54) is 23.5 Å². The Morgan fingerprint density at radius 1 is 1.29 bits per heavy atom. The van der Waals surface area contributed by atoms with Crippen LogP contribution in [0.4, 0.5) is 4.39 Å². The van der Waals surface area contributed by atoms with Crippen molar-refractivity contribution in [2.75, 3.05) is 19.6 Å². The fraction of sp³-hybridized carbons (Fsp3) is 0.400. The molecule has 2 aliphatic rings. The normalized spacial score (nSPS) is 20.6. The molecule has 3 N–H and O–H groups in total. The van der Waals surface area contributed by atoms with Crippen LogP contribution in [0.5, 0.6) is 0 Å². The number of hydrogen-bond acceptors (Lipinski definition) is 5. The van der Waals surface area contributed by atoms with E-state index in [-0.39, 0.29) is 18.3 Å². The highest BCUT2D eigenvalue weighted by Crippen LogP contribution is 2.46. The Hall–Kier alpha value is -2.29. The van der Waals surface area contributed by atoms with Gasteiger partial charge >= 0.3 is 0 Å². The van der Waals surface area contributed by atoms with E-state index in [1.807, 2.05) is 12.1 Å². The first kappa shape index (κ1) is 19.0. The first-order valence-electron chi connectivity index (χ1n) is 9.35. The number of nitrogens with one attached hydrogen (secondary N) is 2. The Labute approximate surface area is 166 Å². The molecular formula is C20H22FN3O3S. The lowest BCUT2D eigenvalue weighted by molar-refractivity contribution is -0.131. The van der Waals surface area contributed by atoms with Crippen molar-refractivity contribution in [3.05, 3.63) is 57.0 Å². The summed E-state index contributed by atoms with van der Waals surface area (Å²) in [6, 6.07) is 8.40. The van der Waals surface area contributed by atoms with Crippen molar-refractivity contribution in [2.24, 2.45) is 5.92 Å². The number of thiophene rings is 1. The second-order valence-electron chi connectivity index (χ2n) is 7.35. The van der Waals surface area contributed by atoms with E-state index in [2.05, 4.69) is 5.32 Å². The van der Waals surface area contributed by atoms with Crippen molar-refractivity contribution in [1.82, 2.24) is 15.7 Å². The number of rotatable bonds is 6. The fourth-order valence-electron chi connectivity index (χ4n) is 3.78. The minimum atomic E-state index is -0.515. The minimum absolute atomic E-state index is 0.0454. The van der Waals surface area contributed by atoms with Gasteiger partial charge in [-0.05, 0) is 60.5 Å². The van der Waals surface area contributed by atoms with Crippen molar-refractivity contribution >= 4 is 23.2 Å². The van der Waals surface area contributed by atoms with Crippen molar-refractivity contribution in [3.8, 4) is 0 Å². The highest BCUT2D eigenvalue weighted by atomic mass is 32.1. The Morgan fingerprint density at radius 2 is 2.07 bits per heavy atom. The summed E-state index contributed by atoms with van der Waals surface area (Å²) in [6.07, 6.45) is 1.78. The smallest absolute Gasteiger partial charge is 0.284 e. The number of benzene rings is 1. The van der Waals surface area contributed by atoms with Gasteiger partial charge in [0.25, 0.3) is 5.91 Å². The van der Waals surface area contributed by atoms with Gasteiger partial charge < -0.3 is 10.2 Å². The van der Waals surface area contributed by atoms with Gasteiger partial charge in [-0.2, -0.15) is 0 Å². The van der Waals surface area contributed by atoms with Gasteiger partial charge in [-0.25, -0.2) is 9.87 Å². The average Bonchev–Trinajstić information content (AvgIpc) is 3.34. The number of amides is 2. The first-order valence-corrected chi connectivity index (χ1v) is 10.2. The van der Waals surface area contributed by atoms with Crippen LogP contribution in [0, 0.1) is 11.7 Å². The molecule has 1 saturated carbocycles. The third kappa shape index (κ3) is 4.09. The topological polar surface area (TPSA) is 81.7 Å². The van der Waals surface area contributed by atoms with Crippen LogP contribution in [-0.2, 0) is 17.8 Å². The molecule has 148 valence electrons. The van der Waals surface area contributed by atoms with Gasteiger partial charge in [-0.15, -0.1) is 11.3 Å². The maximum atomic E-state index is 13.0. The van der Waals surface area contributed by atoms with Crippen molar-refractivity contribution in [3.63, 3.8) is 0 Å². The Kier molecular flexibility index (Phi) is 5.43. The predicted octanol–water partition coefficient (Wildman–Crippen LogP) is 2.28. The number of hydrogen-bond donors (Lipinski definition) is 3. The third-order valence-electron chi connectivity index (χ3n) is 5.45. The van der Waals surface area contributed by atoms with E-state index in [4.69, 9.17) is 5.21 Å². The van der Waals surface area contributed by atoms with Crippen molar-refractivity contribution in [2.45, 2.75) is 25.3 Å². The third-order valence-corrected chi connectivity index (χ3v) is 6.68. The van der Waals surface area contributed by atoms with Crippen LogP contribution in [0.25, 0.3) is 0 Å². The molecule has 1 aliphatic carbocycles. The van der Waals surface area contributed by atoms with E-state index in [0.717, 1.165) is 35.4 Å². The summed E-state index contributed by atoms with van der Waals surface area (Å²) in [6.45, 7) is 2.19. The molecule has 1 aromatic heterocycles.